The van der Waals surface area contributed by atoms with Gasteiger partial charge in [-0.05, 0) is 39.8 Å². The summed E-state index contributed by atoms with van der Waals surface area (Å²) < 4.78 is 0. The molecule has 0 aliphatic carbocycles. The van der Waals surface area contributed by atoms with Crippen LogP contribution in [0.2, 0.25) is 0 Å². The molecule has 0 bridgehead atoms. The van der Waals surface area contributed by atoms with E-state index in [4.69, 9.17) is 0 Å². The van der Waals surface area contributed by atoms with E-state index in [1.807, 2.05) is 17.5 Å². The van der Waals surface area contributed by atoms with E-state index in [2.05, 4.69) is 36.1 Å². The third kappa shape index (κ3) is 3.50. The largest absolute Gasteiger partial charge is 0.309 e. The number of aromatic nitrogens is 1. The van der Waals surface area contributed by atoms with Crippen LogP contribution in [0.15, 0.2) is 6.20 Å². The maximum Gasteiger partial charge on any atom is 0.0925 e. The number of hydrogen-bond donors (Lipinski definition) is 1. The molecule has 17 heavy (non-hydrogen) atoms. The SMILES string of the molecule is CCc1ncc(CNC2CCN(C)C(C)C2)s1. The molecule has 2 heterocycles. The lowest BCUT2D eigenvalue weighted by atomic mass is 9.99. The van der Waals surface area contributed by atoms with Crippen molar-refractivity contribution in [3.8, 4) is 0 Å². The Morgan fingerprint density at radius 2 is 2.41 bits per heavy atom. The molecule has 1 fully saturated rings. The Hall–Kier alpha value is -0.450. The summed E-state index contributed by atoms with van der Waals surface area (Å²) in [6.45, 7) is 6.67. The highest BCUT2D eigenvalue weighted by Crippen LogP contribution is 2.17. The first kappa shape index (κ1) is 13.0. The number of aryl methyl sites for hydroxylation is 1. The Balaban J connectivity index is 1.78. The predicted molar refractivity (Wildman–Crippen MR) is 73.4 cm³/mol. The minimum atomic E-state index is 0.674. The van der Waals surface area contributed by atoms with Crippen LogP contribution in [0.1, 0.15) is 36.6 Å². The second-order valence-electron chi connectivity index (χ2n) is 5.01. The number of thiazole rings is 1. The summed E-state index contributed by atoms with van der Waals surface area (Å²) in [6.07, 6.45) is 5.60. The molecule has 2 atom stereocenters. The van der Waals surface area contributed by atoms with E-state index < -0.39 is 0 Å². The molecule has 0 amide bonds. The minimum Gasteiger partial charge on any atom is -0.309 e. The van der Waals surface area contributed by atoms with Gasteiger partial charge in [-0.1, -0.05) is 6.92 Å². The fourth-order valence-electron chi connectivity index (χ4n) is 2.31. The molecule has 96 valence electrons. The fourth-order valence-corrected chi connectivity index (χ4v) is 3.13. The Morgan fingerprint density at radius 3 is 3.06 bits per heavy atom. The van der Waals surface area contributed by atoms with Crippen molar-refractivity contribution in [3.63, 3.8) is 0 Å². The lowest BCUT2D eigenvalue weighted by molar-refractivity contribution is 0.168. The smallest absolute Gasteiger partial charge is 0.0925 e. The van der Waals surface area contributed by atoms with Gasteiger partial charge in [0.1, 0.15) is 0 Å². The molecular weight excluding hydrogens is 230 g/mol. The van der Waals surface area contributed by atoms with Crippen LogP contribution in [0.3, 0.4) is 0 Å². The highest BCUT2D eigenvalue weighted by atomic mass is 32.1. The molecule has 4 heteroatoms. The van der Waals surface area contributed by atoms with Gasteiger partial charge in [0, 0.05) is 29.7 Å². The number of likely N-dealkylation sites (tertiary alicyclic amines) is 1. The molecule has 0 spiro atoms. The Bertz CT molecular complexity index is 350. The van der Waals surface area contributed by atoms with Crippen LogP contribution < -0.4 is 5.32 Å². The summed E-state index contributed by atoms with van der Waals surface area (Å²) in [5.74, 6) is 0. The quantitative estimate of drug-likeness (QED) is 0.892. The van der Waals surface area contributed by atoms with Crippen LogP contribution in [0.25, 0.3) is 0 Å². The van der Waals surface area contributed by atoms with Crippen molar-refractivity contribution >= 4 is 11.3 Å². The van der Waals surface area contributed by atoms with E-state index in [1.165, 1.54) is 29.3 Å². The van der Waals surface area contributed by atoms with Gasteiger partial charge in [-0.25, -0.2) is 4.98 Å². The highest BCUT2D eigenvalue weighted by Gasteiger charge is 2.22. The molecule has 1 aromatic heterocycles. The van der Waals surface area contributed by atoms with E-state index in [9.17, 15) is 0 Å². The van der Waals surface area contributed by atoms with E-state index >= 15 is 0 Å². The zero-order valence-corrected chi connectivity index (χ0v) is 11.9. The molecule has 0 saturated carbocycles. The second-order valence-corrected chi connectivity index (χ2v) is 6.21. The average molecular weight is 253 g/mol. The summed E-state index contributed by atoms with van der Waals surface area (Å²) in [5.41, 5.74) is 0. The molecule has 1 aliphatic heterocycles. The van der Waals surface area contributed by atoms with Crippen molar-refractivity contribution in [1.82, 2.24) is 15.2 Å². The van der Waals surface area contributed by atoms with Gasteiger partial charge in [0.15, 0.2) is 0 Å². The summed E-state index contributed by atoms with van der Waals surface area (Å²) in [5, 5.41) is 4.92. The van der Waals surface area contributed by atoms with Gasteiger partial charge in [-0.2, -0.15) is 0 Å². The van der Waals surface area contributed by atoms with Crippen LogP contribution in [0.4, 0.5) is 0 Å². The summed E-state index contributed by atoms with van der Waals surface area (Å²) in [4.78, 5) is 8.21. The molecular formula is C13H23N3S. The van der Waals surface area contributed by atoms with Gasteiger partial charge in [0.25, 0.3) is 0 Å². The van der Waals surface area contributed by atoms with E-state index in [1.54, 1.807) is 0 Å². The molecule has 1 aromatic rings. The Morgan fingerprint density at radius 1 is 1.59 bits per heavy atom. The number of hydrogen-bond acceptors (Lipinski definition) is 4. The van der Waals surface area contributed by atoms with Crippen molar-refractivity contribution in [2.24, 2.45) is 0 Å². The van der Waals surface area contributed by atoms with Crippen molar-refractivity contribution in [3.05, 3.63) is 16.1 Å². The van der Waals surface area contributed by atoms with Crippen molar-refractivity contribution in [2.45, 2.75) is 51.7 Å². The van der Waals surface area contributed by atoms with Gasteiger partial charge in [-0.3, -0.25) is 0 Å². The van der Waals surface area contributed by atoms with E-state index in [0.29, 0.717) is 12.1 Å². The number of nitrogens with one attached hydrogen (secondary N) is 1. The normalized spacial score (nSPS) is 26.3. The Kier molecular flexibility index (Phi) is 4.54. The van der Waals surface area contributed by atoms with Gasteiger partial charge in [0.05, 0.1) is 5.01 Å². The van der Waals surface area contributed by atoms with Gasteiger partial charge in [0.2, 0.25) is 0 Å². The van der Waals surface area contributed by atoms with Gasteiger partial charge >= 0.3 is 0 Å². The first-order valence-electron chi connectivity index (χ1n) is 6.56. The maximum absolute atomic E-state index is 4.40. The van der Waals surface area contributed by atoms with Gasteiger partial charge < -0.3 is 10.2 Å². The van der Waals surface area contributed by atoms with E-state index in [0.717, 1.165) is 13.0 Å². The molecule has 1 aliphatic rings. The molecule has 3 nitrogen and oxygen atoms in total. The lowest BCUT2D eigenvalue weighted by Crippen LogP contribution is -2.45. The number of rotatable bonds is 4. The molecule has 1 saturated heterocycles. The summed E-state index contributed by atoms with van der Waals surface area (Å²) in [7, 11) is 2.22. The molecule has 1 N–H and O–H groups in total. The molecule has 0 aromatic carbocycles. The standard InChI is InChI=1S/C13H23N3S/c1-4-13-15-9-12(17-13)8-14-11-5-6-16(3)10(2)7-11/h9-11,14H,4-8H2,1-3H3. The third-order valence-corrected chi connectivity index (χ3v) is 4.82. The van der Waals surface area contributed by atoms with Gasteiger partial charge in [-0.15, -0.1) is 11.3 Å². The zero-order valence-electron chi connectivity index (χ0n) is 11.1. The van der Waals surface area contributed by atoms with Crippen LogP contribution in [-0.2, 0) is 13.0 Å². The zero-order chi connectivity index (χ0) is 12.3. The third-order valence-electron chi connectivity index (χ3n) is 3.68. The van der Waals surface area contributed by atoms with Crippen LogP contribution in [-0.4, -0.2) is 35.6 Å². The maximum atomic E-state index is 4.40. The van der Waals surface area contributed by atoms with Crippen LogP contribution in [0, 0.1) is 0 Å². The highest BCUT2D eigenvalue weighted by molar-refractivity contribution is 7.11. The fraction of sp³-hybridized carbons (Fsp3) is 0.769. The molecule has 0 radical (unpaired) electrons. The van der Waals surface area contributed by atoms with Crippen molar-refractivity contribution in [1.29, 1.82) is 0 Å². The van der Waals surface area contributed by atoms with Crippen LogP contribution in [0.5, 0.6) is 0 Å². The first-order chi connectivity index (χ1) is 8.19. The minimum absolute atomic E-state index is 0.674. The number of nitrogens with zero attached hydrogens (tertiary/aromatic N) is 2. The summed E-state index contributed by atoms with van der Waals surface area (Å²) in [6, 6.07) is 1.38. The van der Waals surface area contributed by atoms with E-state index in [-0.39, 0.29) is 0 Å². The molecule has 2 unspecified atom stereocenters. The second kappa shape index (κ2) is 5.94. The topological polar surface area (TPSA) is 28.2 Å². The monoisotopic (exact) mass is 253 g/mol. The Labute approximate surface area is 108 Å². The lowest BCUT2D eigenvalue weighted by Gasteiger charge is -2.35. The van der Waals surface area contributed by atoms with Crippen molar-refractivity contribution in [2.75, 3.05) is 13.6 Å². The van der Waals surface area contributed by atoms with Crippen LogP contribution >= 0.6 is 11.3 Å². The molecule has 2 rings (SSSR count). The number of piperidine rings is 1. The van der Waals surface area contributed by atoms with Crippen molar-refractivity contribution < 1.29 is 0 Å². The summed E-state index contributed by atoms with van der Waals surface area (Å²) >= 11 is 1.84. The average Bonchev–Trinajstić information content (AvgIpc) is 2.79. The predicted octanol–water partition coefficient (Wildman–Crippen LogP) is 2.28. The first-order valence-corrected chi connectivity index (χ1v) is 7.38.